The summed E-state index contributed by atoms with van der Waals surface area (Å²) in [6.45, 7) is 3.98. The van der Waals surface area contributed by atoms with Gasteiger partial charge in [-0.15, -0.1) is 11.6 Å². The van der Waals surface area contributed by atoms with Crippen molar-refractivity contribution in [2.45, 2.75) is 25.8 Å². The molecule has 5 heteroatoms. The Labute approximate surface area is 127 Å². The molecule has 2 aromatic heterocycles. The number of benzene rings is 1. The highest BCUT2D eigenvalue weighted by Gasteiger charge is 2.18. The number of imidazole rings is 1. The fourth-order valence-electron chi connectivity index (χ4n) is 2.51. The molecule has 21 heavy (non-hydrogen) atoms. The zero-order valence-electron chi connectivity index (χ0n) is 11.8. The molecule has 2 heterocycles. The maximum atomic E-state index is 13.1. The van der Waals surface area contributed by atoms with Gasteiger partial charge >= 0.3 is 0 Å². The van der Waals surface area contributed by atoms with Crippen LogP contribution in [0, 0.1) is 12.7 Å². The van der Waals surface area contributed by atoms with Crippen molar-refractivity contribution in [1.29, 1.82) is 0 Å². The molecule has 0 bridgehead atoms. The highest BCUT2D eigenvalue weighted by molar-refractivity contribution is 6.16. The van der Waals surface area contributed by atoms with E-state index in [1.807, 2.05) is 30.5 Å². The van der Waals surface area contributed by atoms with E-state index >= 15 is 0 Å². The number of fused-ring (bicyclic) bond motifs is 1. The second-order valence-electron chi connectivity index (χ2n) is 5.05. The SMILES string of the molecule is Cc1ccc2nc(CCl)n(C(C)c3ccc(F)cc3)c2n1. The first-order valence-corrected chi connectivity index (χ1v) is 7.29. The monoisotopic (exact) mass is 303 g/mol. The zero-order chi connectivity index (χ0) is 15.0. The maximum absolute atomic E-state index is 13.1. The standard InChI is InChI=1S/C16H15ClFN3/c1-10-3-8-14-16(19-10)21(15(9-17)20-14)11(2)12-4-6-13(18)7-5-12/h3-8,11H,9H2,1-2H3. The first-order valence-electron chi connectivity index (χ1n) is 6.76. The predicted octanol–water partition coefficient (Wildman–Crippen LogP) is 4.23. The number of rotatable bonds is 3. The third kappa shape index (κ3) is 2.51. The lowest BCUT2D eigenvalue weighted by Crippen LogP contribution is -2.10. The Morgan fingerprint density at radius 3 is 2.52 bits per heavy atom. The van der Waals surface area contributed by atoms with E-state index in [1.54, 1.807) is 12.1 Å². The molecular weight excluding hydrogens is 289 g/mol. The Hall–Kier alpha value is -1.94. The van der Waals surface area contributed by atoms with Crippen molar-refractivity contribution < 1.29 is 4.39 Å². The van der Waals surface area contributed by atoms with Gasteiger partial charge in [-0.25, -0.2) is 14.4 Å². The van der Waals surface area contributed by atoms with Crippen LogP contribution >= 0.6 is 11.6 Å². The maximum Gasteiger partial charge on any atom is 0.160 e. The van der Waals surface area contributed by atoms with Gasteiger partial charge < -0.3 is 4.57 Å². The Kier molecular flexibility index (Phi) is 3.64. The van der Waals surface area contributed by atoms with E-state index in [-0.39, 0.29) is 11.9 Å². The second kappa shape index (κ2) is 5.45. The van der Waals surface area contributed by atoms with Crippen LogP contribution in [0.5, 0.6) is 0 Å². The summed E-state index contributed by atoms with van der Waals surface area (Å²) in [4.78, 5) is 9.11. The van der Waals surface area contributed by atoms with Crippen LogP contribution in [-0.2, 0) is 5.88 Å². The Balaban J connectivity index is 2.17. The van der Waals surface area contributed by atoms with Crippen molar-refractivity contribution >= 4 is 22.8 Å². The van der Waals surface area contributed by atoms with Crippen LogP contribution in [-0.4, -0.2) is 14.5 Å². The minimum absolute atomic E-state index is 0.0151. The highest BCUT2D eigenvalue weighted by atomic mass is 35.5. The molecule has 3 aromatic rings. The minimum Gasteiger partial charge on any atom is -0.304 e. The van der Waals surface area contributed by atoms with E-state index in [4.69, 9.17) is 11.6 Å². The molecular formula is C16H15ClFN3. The molecule has 0 fully saturated rings. The average molecular weight is 304 g/mol. The molecule has 1 atom stereocenters. The largest absolute Gasteiger partial charge is 0.304 e. The summed E-state index contributed by atoms with van der Waals surface area (Å²) in [6.07, 6.45) is 0. The van der Waals surface area contributed by atoms with Gasteiger partial charge in [0.15, 0.2) is 5.65 Å². The topological polar surface area (TPSA) is 30.7 Å². The van der Waals surface area contributed by atoms with Crippen molar-refractivity contribution in [2.24, 2.45) is 0 Å². The molecule has 0 amide bonds. The molecule has 0 spiro atoms. The summed E-state index contributed by atoms with van der Waals surface area (Å²) < 4.78 is 15.1. The fraction of sp³-hybridized carbons (Fsp3) is 0.250. The van der Waals surface area contributed by atoms with Gasteiger partial charge in [0.1, 0.15) is 17.2 Å². The van der Waals surface area contributed by atoms with Crippen molar-refractivity contribution in [3.63, 3.8) is 0 Å². The van der Waals surface area contributed by atoms with Crippen LogP contribution in [0.4, 0.5) is 4.39 Å². The Morgan fingerprint density at radius 2 is 1.86 bits per heavy atom. The summed E-state index contributed by atoms with van der Waals surface area (Å²) in [7, 11) is 0. The molecule has 1 unspecified atom stereocenters. The van der Waals surface area contributed by atoms with Crippen LogP contribution in [0.3, 0.4) is 0 Å². The molecule has 1 aromatic carbocycles. The lowest BCUT2D eigenvalue weighted by Gasteiger charge is -2.17. The van der Waals surface area contributed by atoms with Crippen molar-refractivity contribution in [3.8, 4) is 0 Å². The smallest absolute Gasteiger partial charge is 0.160 e. The molecule has 0 N–H and O–H groups in total. The molecule has 3 rings (SSSR count). The van der Waals surface area contributed by atoms with E-state index < -0.39 is 0 Å². The number of halogens is 2. The van der Waals surface area contributed by atoms with Gasteiger partial charge in [0.2, 0.25) is 0 Å². The summed E-state index contributed by atoms with van der Waals surface area (Å²) in [5, 5.41) is 0. The van der Waals surface area contributed by atoms with Gasteiger partial charge in [-0.3, -0.25) is 0 Å². The summed E-state index contributed by atoms with van der Waals surface area (Å²) in [5.41, 5.74) is 3.55. The van der Waals surface area contributed by atoms with Crippen molar-refractivity contribution in [1.82, 2.24) is 14.5 Å². The number of alkyl halides is 1. The molecule has 0 saturated carbocycles. The second-order valence-corrected chi connectivity index (χ2v) is 5.32. The molecule has 0 saturated heterocycles. The molecule has 108 valence electrons. The number of aromatic nitrogens is 3. The molecule has 0 aliphatic carbocycles. The van der Waals surface area contributed by atoms with Crippen LogP contribution < -0.4 is 0 Å². The highest BCUT2D eigenvalue weighted by Crippen LogP contribution is 2.26. The third-order valence-corrected chi connectivity index (χ3v) is 3.85. The first kappa shape index (κ1) is 14.0. The van der Waals surface area contributed by atoms with E-state index in [0.29, 0.717) is 5.88 Å². The number of hydrogen-bond donors (Lipinski definition) is 0. The van der Waals surface area contributed by atoms with Gasteiger partial charge in [0.05, 0.1) is 11.9 Å². The summed E-state index contributed by atoms with van der Waals surface area (Å²) >= 11 is 6.03. The third-order valence-electron chi connectivity index (χ3n) is 3.61. The van der Waals surface area contributed by atoms with E-state index in [0.717, 1.165) is 28.2 Å². The molecule has 0 aliphatic heterocycles. The average Bonchev–Trinajstić information content (AvgIpc) is 2.85. The molecule has 0 aliphatic rings. The minimum atomic E-state index is -0.243. The fourth-order valence-corrected chi connectivity index (χ4v) is 2.70. The van der Waals surface area contributed by atoms with Gasteiger partial charge in [-0.2, -0.15) is 0 Å². The predicted molar refractivity (Wildman–Crippen MR) is 82.0 cm³/mol. The molecule has 0 radical (unpaired) electrons. The first-order chi connectivity index (χ1) is 10.1. The van der Waals surface area contributed by atoms with Crippen LogP contribution in [0.1, 0.15) is 30.0 Å². The van der Waals surface area contributed by atoms with Crippen LogP contribution in [0.2, 0.25) is 0 Å². The van der Waals surface area contributed by atoms with Crippen molar-refractivity contribution in [2.75, 3.05) is 0 Å². The Bertz CT molecular complexity index is 780. The van der Waals surface area contributed by atoms with Crippen LogP contribution in [0.15, 0.2) is 36.4 Å². The number of hydrogen-bond acceptors (Lipinski definition) is 2. The van der Waals surface area contributed by atoms with E-state index in [9.17, 15) is 4.39 Å². The lowest BCUT2D eigenvalue weighted by molar-refractivity contribution is 0.612. The zero-order valence-corrected chi connectivity index (χ0v) is 12.6. The lowest BCUT2D eigenvalue weighted by atomic mass is 10.1. The van der Waals surface area contributed by atoms with Gasteiger partial charge in [-0.1, -0.05) is 12.1 Å². The number of aryl methyl sites for hydroxylation is 1. The van der Waals surface area contributed by atoms with Gasteiger partial charge in [0, 0.05) is 5.69 Å². The van der Waals surface area contributed by atoms with Crippen molar-refractivity contribution in [3.05, 3.63) is 59.3 Å². The summed E-state index contributed by atoms with van der Waals surface area (Å²) in [6, 6.07) is 10.3. The molecule has 3 nitrogen and oxygen atoms in total. The Morgan fingerprint density at radius 1 is 1.14 bits per heavy atom. The summed E-state index contributed by atoms with van der Waals surface area (Å²) in [5.74, 6) is 0.829. The number of nitrogens with zero attached hydrogens (tertiary/aromatic N) is 3. The van der Waals surface area contributed by atoms with E-state index in [1.165, 1.54) is 12.1 Å². The van der Waals surface area contributed by atoms with Gasteiger partial charge in [-0.05, 0) is 43.7 Å². The van der Waals surface area contributed by atoms with Crippen LogP contribution in [0.25, 0.3) is 11.2 Å². The normalized spacial score (nSPS) is 12.8. The quantitative estimate of drug-likeness (QED) is 0.678. The number of pyridine rings is 1. The van der Waals surface area contributed by atoms with E-state index in [2.05, 4.69) is 9.97 Å². The van der Waals surface area contributed by atoms with Gasteiger partial charge in [0.25, 0.3) is 0 Å².